The Labute approximate surface area is 157 Å². The van der Waals surface area contributed by atoms with Gasteiger partial charge in [0.05, 0.1) is 5.02 Å². The fourth-order valence-electron chi connectivity index (χ4n) is 2.58. The normalized spacial score (nSPS) is 14.8. The number of pyridine rings is 1. The Morgan fingerprint density at radius 3 is 2.58 bits per heavy atom. The van der Waals surface area contributed by atoms with E-state index in [0.29, 0.717) is 37.0 Å². The van der Waals surface area contributed by atoms with E-state index in [4.69, 9.17) is 16.0 Å². The zero-order chi connectivity index (χ0) is 18.7. The Hall–Kier alpha value is -2.49. The second-order valence-electron chi connectivity index (χ2n) is 6.59. The molecular formula is C19H20ClN3O3. The maximum Gasteiger partial charge on any atom is 0.289 e. The highest BCUT2D eigenvalue weighted by molar-refractivity contribution is 6.30. The smallest absolute Gasteiger partial charge is 0.289 e. The molecule has 1 fully saturated rings. The van der Waals surface area contributed by atoms with Gasteiger partial charge in [-0.3, -0.25) is 4.79 Å². The molecule has 0 bridgehead atoms. The summed E-state index contributed by atoms with van der Waals surface area (Å²) < 4.78 is 5.50. The summed E-state index contributed by atoms with van der Waals surface area (Å²) in [5.41, 5.74) is -1.11. The lowest BCUT2D eigenvalue weighted by atomic mass is 10.1. The minimum absolute atomic E-state index is 0.162. The van der Waals surface area contributed by atoms with E-state index < -0.39 is 5.60 Å². The second-order valence-corrected chi connectivity index (χ2v) is 7.02. The fourth-order valence-corrected chi connectivity index (χ4v) is 2.70. The molecule has 0 aromatic carbocycles. The lowest BCUT2D eigenvalue weighted by Gasteiger charge is -2.35. The highest BCUT2D eigenvalue weighted by Crippen LogP contribution is 2.18. The summed E-state index contributed by atoms with van der Waals surface area (Å²) in [5, 5.41) is 10.2. The molecule has 6 nitrogen and oxygen atoms in total. The Morgan fingerprint density at radius 1 is 1.23 bits per heavy atom. The van der Waals surface area contributed by atoms with Crippen molar-refractivity contribution in [3.63, 3.8) is 0 Å². The average molecular weight is 374 g/mol. The molecule has 1 amide bonds. The van der Waals surface area contributed by atoms with Crippen LogP contribution in [0.15, 0.2) is 34.9 Å². The number of aromatic nitrogens is 1. The molecule has 2 aromatic rings. The summed E-state index contributed by atoms with van der Waals surface area (Å²) >= 11 is 5.86. The Balaban J connectivity index is 1.61. The van der Waals surface area contributed by atoms with Crippen LogP contribution in [0.3, 0.4) is 0 Å². The second kappa shape index (κ2) is 7.40. The number of piperazine rings is 1. The topological polar surface area (TPSA) is 69.8 Å². The molecule has 1 N–H and O–H groups in total. The number of furan rings is 1. The van der Waals surface area contributed by atoms with Gasteiger partial charge in [-0.25, -0.2) is 4.98 Å². The number of nitrogens with zero attached hydrogens (tertiary/aromatic N) is 3. The summed E-state index contributed by atoms with van der Waals surface area (Å²) in [7, 11) is 0. The van der Waals surface area contributed by atoms with Gasteiger partial charge in [0.15, 0.2) is 11.5 Å². The number of aliphatic hydroxyl groups is 1. The van der Waals surface area contributed by atoms with Gasteiger partial charge < -0.3 is 19.3 Å². The largest absolute Gasteiger partial charge is 0.443 e. The molecule has 7 heteroatoms. The fraction of sp³-hybridized carbons (Fsp3) is 0.368. The molecule has 136 valence electrons. The standard InChI is InChI=1S/C19H20ClN3O3/c1-19(2,25)8-7-15-4-5-16(26-15)18(24)23-11-9-22(10-12-23)17-6-3-14(20)13-21-17/h3-6,13,25H,9-12H2,1-2H3. The van der Waals surface area contributed by atoms with Crippen molar-refractivity contribution in [2.45, 2.75) is 19.4 Å². The molecular weight excluding hydrogens is 354 g/mol. The zero-order valence-corrected chi connectivity index (χ0v) is 15.5. The first-order chi connectivity index (χ1) is 12.3. The number of rotatable bonds is 2. The molecule has 1 aliphatic heterocycles. The van der Waals surface area contributed by atoms with Gasteiger partial charge in [-0.1, -0.05) is 17.5 Å². The van der Waals surface area contributed by atoms with Gasteiger partial charge in [-0.2, -0.15) is 0 Å². The summed E-state index contributed by atoms with van der Waals surface area (Å²) in [6.07, 6.45) is 1.62. The van der Waals surface area contributed by atoms with Crippen molar-refractivity contribution in [2.75, 3.05) is 31.1 Å². The predicted molar refractivity (Wildman–Crippen MR) is 99.2 cm³/mol. The van der Waals surface area contributed by atoms with Crippen LogP contribution < -0.4 is 4.90 Å². The number of amides is 1. The first kappa shape index (κ1) is 18.3. The Morgan fingerprint density at radius 2 is 1.96 bits per heavy atom. The van der Waals surface area contributed by atoms with Gasteiger partial charge in [0.2, 0.25) is 0 Å². The van der Waals surface area contributed by atoms with Crippen LogP contribution in [0.25, 0.3) is 0 Å². The Kier molecular flexibility index (Phi) is 5.21. The van der Waals surface area contributed by atoms with Gasteiger partial charge in [0.25, 0.3) is 5.91 Å². The van der Waals surface area contributed by atoms with Crippen molar-refractivity contribution in [1.29, 1.82) is 0 Å². The SMILES string of the molecule is CC(C)(O)C#Cc1ccc(C(=O)N2CCN(c3ccc(Cl)cn3)CC2)o1. The van der Waals surface area contributed by atoms with Crippen molar-refractivity contribution in [1.82, 2.24) is 9.88 Å². The minimum atomic E-state index is -1.11. The van der Waals surface area contributed by atoms with Crippen LogP contribution in [0.1, 0.15) is 30.2 Å². The van der Waals surface area contributed by atoms with E-state index >= 15 is 0 Å². The number of carbonyl (C=O) groups excluding carboxylic acids is 1. The number of carbonyl (C=O) groups is 1. The molecule has 0 atom stereocenters. The predicted octanol–water partition coefficient (Wildman–Crippen LogP) is 2.41. The number of hydrogen-bond donors (Lipinski definition) is 1. The van der Waals surface area contributed by atoms with Crippen molar-refractivity contribution >= 4 is 23.3 Å². The van der Waals surface area contributed by atoms with Crippen molar-refractivity contribution in [3.8, 4) is 11.8 Å². The van der Waals surface area contributed by atoms with Crippen molar-refractivity contribution in [3.05, 3.63) is 47.0 Å². The van der Waals surface area contributed by atoms with Crippen LogP contribution in [-0.4, -0.2) is 52.7 Å². The third kappa shape index (κ3) is 4.57. The van der Waals surface area contributed by atoms with Crippen LogP contribution in [-0.2, 0) is 0 Å². The van der Waals surface area contributed by atoms with Crippen LogP contribution >= 0.6 is 11.6 Å². The molecule has 0 aliphatic carbocycles. The first-order valence-electron chi connectivity index (χ1n) is 8.33. The highest BCUT2D eigenvalue weighted by atomic mass is 35.5. The molecule has 0 radical (unpaired) electrons. The highest BCUT2D eigenvalue weighted by Gasteiger charge is 2.24. The molecule has 1 saturated heterocycles. The molecule has 0 saturated carbocycles. The van der Waals surface area contributed by atoms with E-state index in [2.05, 4.69) is 21.7 Å². The summed E-state index contributed by atoms with van der Waals surface area (Å²) in [6.45, 7) is 5.70. The van der Waals surface area contributed by atoms with E-state index in [9.17, 15) is 9.90 Å². The maximum atomic E-state index is 12.6. The molecule has 26 heavy (non-hydrogen) atoms. The molecule has 1 aliphatic rings. The zero-order valence-electron chi connectivity index (χ0n) is 14.7. The lowest BCUT2D eigenvalue weighted by Crippen LogP contribution is -2.49. The van der Waals surface area contributed by atoms with Gasteiger partial charge in [-0.05, 0) is 44.0 Å². The van der Waals surface area contributed by atoms with E-state index in [1.54, 1.807) is 43.1 Å². The van der Waals surface area contributed by atoms with Crippen LogP contribution in [0.2, 0.25) is 5.02 Å². The van der Waals surface area contributed by atoms with E-state index in [0.717, 1.165) is 5.82 Å². The van der Waals surface area contributed by atoms with Crippen LogP contribution in [0.5, 0.6) is 0 Å². The Bertz CT molecular complexity index is 835. The molecule has 3 heterocycles. The molecule has 0 spiro atoms. The van der Waals surface area contributed by atoms with Gasteiger partial charge in [-0.15, -0.1) is 0 Å². The number of halogens is 1. The van der Waals surface area contributed by atoms with Crippen molar-refractivity contribution in [2.24, 2.45) is 0 Å². The lowest BCUT2D eigenvalue weighted by molar-refractivity contribution is 0.0714. The number of hydrogen-bond acceptors (Lipinski definition) is 5. The monoisotopic (exact) mass is 373 g/mol. The van der Waals surface area contributed by atoms with E-state index in [1.807, 2.05) is 6.07 Å². The molecule has 2 aromatic heterocycles. The molecule has 3 rings (SSSR count). The van der Waals surface area contributed by atoms with E-state index in [1.165, 1.54) is 0 Å². The van der Waals surface area contributed by atoms with Gasteiger partial charge >= 0.3 is 0 Å². The quantitative estimate of drug-likeness (QED) is 0.819. The molecule has 0 unspecified atom stereocenters. The van der Waals surface area contributed by atoms with Crippen molar-refractivity contribution < 1.29 is 14.3 Å². The maximum absolute atomic E-state index is 12.6. The number of anilines is 1. The summed E-state index contributed by atoms with van der Waals surface area (Å²) in [6, 6.07) is 6.93. The first-order valence-corrected chi connectivity index (χ1v) is 8.71. The summed E-state index contributed by atoms with van der Waals surface area (Å²) in [4.78, 5) is 20.8. The minimum Gasteiger partial charge on any atom is -0.443 e. The van der Waals surface area contributed by atoms with Crippen LogP contribution in [0, 0.1) is 11.8 Å². The van der Waals surface area contributed by atoms with Gasteiger partial charge in [0.1, 0.15) is 11.4 Å². The summed E-state index contributed by atoms with van der Waals surface area (Å²) in [5.74, 6) is 6.70. The van der Waals surface area contributed by atoms with Crippen LogP contribution in [0.4, 0.5) is 5.82 Å². The third-order valence-electron chi connectivity index (χ3n) is 3.91. The van der Waals surface area contributed by atoms with Gasteiger partial charge in [0, 0.05) is 32.4 Å². The average Bonchev–Trinajstić information content (AvgIpc) is 3.09. The van der Waals surface area contributed by atoms with E-state index in [-0.39, 0.29) is 11.7 Å². The third-order valence-corrected chi connectivity index (χ3v) is 4.13.